The number of benzene rings is 3. The Morgan fingerprint density at radius 2 is 1.56 bits per heavy atom. The molecule has 1 fully saturated rings. The van der Waals surface area contributed by atoms with Crippen LogP contribution in [-0.4, -0.2) is 16.7 Å². The van der Waals surface area contributed by atoms with Gasteiger partial charge >= 0.3 is 0 Å². The minimum atomic E-state index is -1.42. The molecule has 0 amide bonds. The first-order valence-electron chi connectivity index (χ1n) is 10.6. The van der Waals surface area contributed by atoms with Gasteiger partial charge in [0.25, 0.3) is 0 Å². The molecule has 2 aliphatic heterocycles. The van der Waals surface area contributed by atoms with Crippen molar-refractivity contribution < 1.29 is 4.79 Å². The van der Waals surface area contributed by atoms with Gasteiger partial charge in [-0.1, -0.05) is 84.4 Å². The van der Waals surface area contributed by atoms with Crippen LogP contribution >= 0.6 is 0 Å². The Kier molecular flexibility index (Phi) is 4.65. The molecule has 3 atom stereocenters. The molecule has 0 saturated carbocycles. The van der Waals surface area contributed by atoms with Gasteiger partial charge in [-0.15, -0.1) is 0 Å². The van der Waals surface area contributed by atoms with Crippen molar-refractivity contribution in [3.8, 4) is 12.1 Å². The molecule has 1 saturated heterocycles. The van der Waals surface area contributed by atoms with E-state index in [0.717, 1.165) is 22.3 Å². The SMILES string of the molecule is Cc1ccc(C(=O)[C@@H]2[C@@H](c3ccccc3)C(C#N)(C#N)[C@H]3c4ccccc4C=CN23)cc1. The van der Waals surface area contributed by atoms with Crippen LogP contribution in [0.15, 0.2) is 85.1 Å². The summed E-state index contributed by atoms with van der Waals surface area (Å²) in [5.41, 5.74) is 2.92. The summed E-state index contributed by atoms with van der Waals surface area (Å²) in [4.78, 5) is 15.9. The summed E-state index contributed by atoms with van der Waals surface area (Å²) in [7, 11) is 0. The molecule has 3 aromatic carbocycles. The summed E-state index contributed by atoms with van der Waals surface area (Å²) in [5, 5.41) is 21.0. The second-order valence-electron chi connectivity index (χ2n) is 8.45. The lowest BCUT2D eigenvalue weighted by molar-refractivity contribution is 0.0874. The molecule has 2 aliphatic rings. The van der Waals surface area contributed by atoms with Crippen LogP contribution in [0.25, 0.3) is 6.08 Å². The van der Waals surface area contributed by atoms with Crippen LogP contribution in [0.3, 0.4) is 0 Å². The average molecular weight is 415 g/mol. The molecule has 0 bridgehead atoms. The van der Waals surface area contributed by atoms with Crippen LogP contribution < -0.4 is 0 Å². The number of hydrogen-bond donors (Lipinski definition) is 0. The maximum Gasteiger partial charge on any atom is 0.185 e. The quantitative estimate of drug-likeness (QED) is 0.537. The molecule has 0 unspecified atom stereocenters. The number of ketones is 1. The number of carbonyl (C=O) groups excluding carboxylic acids is 1. The highest BCUT2D eigenvalue weighted by molar-refractivity contribution is 6.01. The topological polar surface area (TPSA) is 67.9 Å². The first-order valence-corrected chi connectivity index (χ1v) is 10.6. The zero-order valence-electron chi connectivity index (χ0n) is 17.6. The van der Waals surface area contributed by atoms with Crippen molar-refractivity contribution in [3.05, 3.63) is 113 Å². The van der Waals surface area contributed by atoms with E-state index in [-0.39, 0.29) is 5.78 Å². The van der Waals surface area contributed by atoms with Crippen molar-refractivity contribution >= 4 is 11.9 Å². The van der Waals surface area contributed by atoms with Crippen molar-refractivity contribution in [2.24, 2.45) is 5.41 Å². The Bertz CT molecular complexity index is 1280. The molecule has 0 aromatic heterocycles. The van der Waals surface area contributed by atoms with Crippen molar-refractivity contribution in [1.29, 1.82) is 10.5 Å². The van der Waals surface area contributed by atoms with Gasteiger partial charge in [0.15, 0.2) is 11.2 Å². The lowest BCUT2D eigenvalue weighted by atomic mass is 9.67. The third-order valence-electron chi connectivity index (χ3n) is 6.71. The third-order valence-corrected chi connectivity index (χ3v) is 6.71. The fourth-order valence-electron chi connectivity index (χ4n) is 5.22. The largest absolute Gasteiger partial charge is 0.357 e. The van der Waals surface area contributed by atoms with E-state index >= 15 is 0 Å². The maximum atomic E-state index is 13.9. The summed E-state index contributed by atoms with van der Waals surface area (Å²) < 4.78 is 0. The van der Waals surface area contributed by atoms with Crippen LogP contribution in [0.2, 0.25) is 0 Å². The lowest BCUT2D eigenvalue weighted by Gasteiger charge is -2.34. The van der Waals surface area contributed by atoms with Gasteiger partial charge in [-0.2, -0.15) is 10.5 Å². The first-order chi connectivity index (χ1) is 15.6. The number of fused-ring (bicyclic) bond motifs is 3. The summed E-state index contributed by atoms with van der Waals surface area (Å²) in [6, 6.07) is 28.3. The normalized spacial score (nSPS) is 22.3. The average Bonchev–Trinajstić information content (AvgIpc) is 3.15. The van der Waals surface area contributed by atoms with Gasteiger partial charge in [0.1, 0.15) is 6.04 Å². The fraction of sp³-hybridized carbons (Fsp3) is 0.179. The van der Waals surface area contributed by atoms with Gasteiger partial charge in [-0.05, 0) is 29.7 Å². The maximum absolute atomic E-state index is 13.9. The van der Waals surface area contributed by atoms with Crippen LogP contribution in [0.4, 0.5) is 0 Å². The molecule has 0 aliphatic carbocycles. The standard InChI is InChI=1S/C28H21N3O/c1-19-11-13-22(14-12-19)26(32)25-24(21-8-3-2-4-9-21)28(17-29,18-30)27-23-10-6-5-7-20(23)15-16-31(25)27/h2-16,24-25,27H,1H3/t24-,25+,27-/m1/s1. The van der Waals surface area contributed by atoms with Crippen molar-refractivity contribution in [2.45, 2.75) is 24.9 Å². The Labute approximate surface area is 187 Å². The van der Waals surface area contributed by atoms with Gasteiger partial charge in [-0.3, -0.25) is 4.79 Å². The van der Waals surface area contributed by atoms with E-state index < -0.39 is 23.4 Å². The van der Waals surface area contributed by atoms with E-state index in [4.69, 9.17) is 0 Å². The smallest absolute Gasteiger partial charge is 0.185 e. The molecule has 2 heterocycles. The number of aryl methyl sites for hydroxylation is 1. The highest BCUT2D eigenvalue weighted by atomic mass is 16.1. The molecular weight excluding hydrogens is 394 g/mol. The van der Waals surface area contributed by atoms with Crippen LogP contribution in [0.5, 0.6) is 0 Å². The molecule has 5 rings (SSSR count). The van der Waals surface area contributed by atoms with E-state index in [9.17, 15) is 15.3 Å². The minimum Gasteiger partial charge on any atom is -0.357 e. The summed E-state index contributed by atoms with van der Waals surface area (Å²) in [5.74, 6) is -0.687. The fourth-order valence-corrected chi connectivity index (χ4v) is 5.22. The van der Waals surface area contributed by atoms with Crippen LogP contribution in [0.1, 0.15) is 44.6 Å². The molecule has 0 N–H and O–H groups in total. The van der Waals surface area contributed by atoms with Crippen molar-refractivity contribution in [3.63, 3.8) is 0 Å². The zero-order chi connectivity index (χ0) is 22.3. The van der Waals surface area contributed by atoms with Gasteiger partial charge in [0.2, 0.25) is 0 Å². The zero-order valence-corrected chi connectivity index (χ0v) is 17.6. The van der Waals surface area contributed by atoms with E-state index in [2.05, 4.69) is 12.1 Å². The highest BCUT2D eigenvalue weighted by Gasteiger charge is 2.63. The summed E-state index contributed by atoms with van der Waals surface area (Å²) in [6.07, 6.45) is 3.85. The number of nitriles is 2. The van der Waals surface area contributed by atoms with Crippen LogP contribution in [0, 0.1) is 35.0 Å². The van der Waals surface area contributed by atoms with E-state index in [1.165, 1.54) is 0 Å². The molecule has 0 spiro atoms. The van der Waals surface area contributed by atoms with Crippen LogP contribution in [-0.2, 0) is 0 Å². The minimum absolute atomic E-state index is 0.0831. The Morgan fingerprint density at radius 3 is 2.25 bits per heavy atom. The molecular formula is C28H21N3O. The molecule has 4 heteroatoms. The Hall–Kier alpha value is -4.15. The van der Waals surface area contributed by atoms with Crippen molar-refractivity contribution in [2.75, 3.05) is 0 Å². The predicted molar refractivity (Wildman–Crippen MR) is 122 cm³/mol. The van der Waals surface area contributed by atoms with E-state index in [0.29, 0.717) is 5.56 Å². The van der Waals surface area contributed by atoms with Gasteiger partial charge in [0, 0.05) is 17.7 Å². The Morgan fingerprint density at radius 1 is 0.906 bits per heavy atom. The lowest BCUT2D eigenvalue weighted by Crippen LogP contribution is -2.37. The monoisotopic (exact) mass is 415 g/mol. The number of nitrogens with zero attached hydrogens (tertiary/aromatic N) is 3. The van der Waals surface area contributed by atoms with Gasteiger partial charge in [0.05, 0.1) is 18.2 Å². The predicted octanol–water partition coefficient (Wildman–Crippen LogP) is 5.40. The second kappa shape index (κ2) is 7.52. The number of hydrogen-bond acceptors (Lipinski definition) is 4. The number of Topliss-reactive ketones (excluding diaryl/α,β-unsaturated/α-hetero) is 1. The second-order valence-corrected chi connectivity index (χ2v) is 8.45. The summed E-state index contributed by atoms with van der Waals surface area (Å²) in [6.45, 7) is 1.98. The van der Waals surface area contributed by atoms with Gasteiger partial charge in [-0.25, -0.2) is 0 Å². The van der Waals surface area contributed by atoms with E-state index in [1.807, 2.05) is 103 Å². The third kappa shape index (κ3) is 2.77. The first kappa shape index (κ1) is 19.8. The molecule has 3 aromatic rings. The Balaban J connectivity index is 1.76. The van der Waals surface area contributed by atoms with Gasteiger partial charge < -0.3 is 4.90 Å². The molecule has 32 heavy (non-hydrogen) atoms. The van der Waals surface area contributed by atoms with E-state index in [1.54, 1.807) is 0 Å². The summed E-state index contributed by atoms with van der Waals surface area (Å²) >= 11 is 0. The molecule has 0 radical (unpaired) electrons. The molecule has 154 valence electrons. The molecule has 4 nitrogen and oxygen atoms in total. The van der Waals surface area contributed by atoms with Crippen molar-refractivity contribution in [1.82, 2.24) is 4.90 Å². The number of rotatable bonds is 3. The number of carbonyl (C=O) groups is 1. The highest BCUT2D eigenvalue weighted by Crippen LogP contribution is 2.59.